The highest BCUT2D eigenvalue weighted by Gasteiger charge is 2.39. The Morgan fingerprint density at radius 2 is 1.87 bits per heavy atom. The number of benzene rings is 1. The number of fused-ring (bicyclic) bond motifs is 1. The van der Waals surface area contributed by atoms with Crippen LogP contribution in [0.4, 0.5) is 0 Å². The van der Waals surface area contributed by atoms with E-state index in [9.17, 15) is 4.79 Å². The van der Waals surface area contributed by atoms with E-state index in [4.69, 9.17) is 16.0 Å². The summed E-state index contributed by atoms with van der Waals surface area (Å²) in [5.74, 6) is 0.288. The first kappa shape index (κ1) is 23.4. The maximum atomic E-state index is 13.0. The highest BCUT2D eigenvalue weighted by Crippen LogP contribution is 2.34. The van der Waals surface area contributed by atoms with Crippen LogP contribution in [0.1, 0.15) is 55.1 Å². The summed E-state index contributed by atoms with van der Waals surface area (Å²) >= 11 is 6.12. The van der Waals surface area contributed by atoms with Crippen LogP contribution >= 0.6 is 24.0 Å². The minimum atomic E-state index is -0.119. The fourth-order valence-corrected chi connectivity index (χ4v) is 5.26. The van der Waals surface area contributed by atoms with Crippen LogP contribution in [0.15, 0.2) is 22.6 Å². The van der Waals surface area contributed by atoms with Crippen LogP contribution in [0.5, 0.6) is 0 Å². The van der Waals surface area contributed by atoms with E-state index in [0.717, 1.165) is 56.5 Å². The Hall–Kier alpha value is -1.27. The number of furan rings is 1. The van der Waals surface area contributed by atoms with E-state index < -0.39 is 0 Å². The third kappa shape index (κ3) is 4.64. The zero-order valence-corrected chi connectivity index (χ0v) is 19.6. The van der Waals surface area contributed by atoms with Crippen LogP contribution in [0.3, 0.4) is 0 Å². The predicted molar refractivity (Wildman–Crippen MR) is 125 cm³/mol. The molecule has 0 unspecified atom stereocenters. The van der Waals surface area contributed by atoms with Gasteiger partial charge in [-0.25, -0.2) is 0 Å². The zero-order chi connectivity index (χ0) is 20.4. The van der Waals surface area contributed by atoms with E-state index in [1.54, 1.807) is 6.07 Å². The molecule has 30 heavy (non-hydrogen) atoms. The summed E-state index contributed by atoms with van der Waals surface area (Å²) in [5.41, 5.74) is 1.64. The Morgan fingerprint density at radius 1 is 1.17 bits per heavy atom. The number of nitrogens with one attached hydrogen (secondary N) is 1. The normalized spacial score (nSPS) is 20.1. The maximum Gasteiger partial charge on any atom is 0.287 e. The van der Waals surface area contributed by atoms with Crippen LogP contribution < -0.4 is 5.32 Å². The van der Waals surface area contributed by atoms with Crippen molar-refractivity contribution in [2.75, 3.05) is 39.3 Å². The lowest BCUT2D eigenvalue weighted by Crippen LogP contribution is -2.61. The number of aryl methyl sites for hydroxylation is 1. The van der Waals surface area contributed by atoms with Crippen LogP contribution in [0.2, 0.25) is 5.02 Å². The number of carbonyl (C=O) groups is 1. The third-order valence-electron chi connectivity index (χ3n) is 6.96. The van der Waals surface area contributed by atoms with Gasteiger partial charge in [-0.3, -0.25) is 9.69 Å². The average Bonchev–Trinajstić information content (AvgIpc) is 3.09. The molecular weight excluding hydrogens is 421 g/mol. The van der Waals surface area contributed by atoms with Gasteiger partial charge in [-0.05, 0) is 44.5 Å². The summed E-state index contributed by atoms with van der Waals surface area (Å²) in [6.45, 7) is 10.4. The van der Waals surface area contributed by atoms with Crippen molar-refractivity contribution in [3.8, 4) is 0 Å². The molecule has 0 atom stereocenters. The molecule has 2 aliphatic rings. The van der Waals surface area contributed by atoms with Crippen LogP contribution in [0.25, 0.3) is 11.0 Å². The minimum absolute atomic E-state index is 0. The van der Waals surface area contributed by atoms with E-state index >= 15 is 0 Å². The maximum absolute atomic E-state index is 13.0. The number of amides is 1. The first-order valence-corrected chi connectivity index (χ1v) is 11.3. The van der Waals surface area contributed by atoms with Gasteiger partial charge in [0.15, 0.2) is 5.76 Å². The number of carbonyl (C=O) groups excluding carboxylic acids is 1. The monoisotopic (exact) mass is 453 g/mol. The van der Waals surface area contributed by atoms with Crippen molar-refractivity contribution in [3.63, 3.8) is 0 Å². The highest BCUT2D eigenvalue weighted by atomic mass is 35.5. The smallest absolute Gasteiger partial charge is 0.287 e. The van der Waals surface area contributed by atoms with Crippen molar-refractivity contribution in [3.05, 3.63) is 34.5 Å². The van der Waals surface area contributed by atoms with Gasteiger partial charge in [0.05, 0.1) is 0 Å². The molecule has 7 heteroatoms. The topological polar surface area (TPSA) is 48.7 Å². The lowest BCUT2D eigenvalue weighted by atomic mass is 9.79. The second-order valence-corrected chi connectivity index (χ2v) is 9.02. The van der Waals surface area contributed by atoms with Gasteiger partial charge in [-0.15, -0.1) is 12.4 Å². The quantitative estimate of drug-likeness (QED) is 0.699. The molecule has 5 nitrogen and oxygen atoms in total. The first-order valence-electron chi connectivity index (χ1n) is 11.0. The summed E-state index contributed by atoms with van der Waals surface area (Å²) in [4.78, 5) is 18.2. The molecule has 1 amide bonds. The molecule has 1 N–H and O–H groups in total. The molecule has 1 aliphatic heterocycles. The van der Waals surface area contributed by atoms with Crippen molar-refractivity contribution in [2.24, 2.45) is 0 Å². The Kier molecular flexibility index (Phi) is 7.72. The first-order chi connectivity index (χ1) is 14.0. The fourth-order valence-electron chi connectivity index (χ4n) is 5.09. The Labute approximate surface area is 190 Å². The Morgan fingerprint density at radius 3 is 2.53 bits per heavy atom. The summed E-state index contributed by atoms with van der Waals surface area (Å²) < 4.78 is 5.87. The molecule has 4 rings (SSSR count). The van der Waals surface area contributed by atoms with E-state index in [1.807, 2.05) is 19.1 Å². The number of nitrogens with zero attached hydrogens (tertiary/aromatic N) is 2. The number of hydrogen-bond donors (Lipinski definition) is 1. The molecule has 2 heterocycles. The molecule has 1 saturated carbocycles. The van der Waals surface area contributed by atoms with Gasteiger partial charge in [0, 0.05) is 54.2 Å². The van der Waals surface area contributed by atoms with Crippen molar-refractivity contribution in [1.82, 2.24) is 15.1 Å². The number of hydrogen-bond acceptors (Lipinski definition) is 4. The van der Waals surface area contributed by atoms with Gasteiger partial charge in [-0.2, -0.15) is 0 Å². The minimum Gasteiger partial charge on any atom is -0.451 e. The highest BCUT2D eigenvalue weighted by molar-refractivity contribution is 6.31. The molecular formula is C23H33Cl2N3O2. The molecule has 2 fully saturated rings. The molecule has 1 saturated heterocycles. The van der Waals surface area contributed by atoms with Crippen LogP contribution in [0, 0.1) is 6.92 Å². The molecule has 1 aliphatic carbocycles. The van der Waals surface area contributed by atoms with E-state index in [1.165, 1.54) is 19.3 Å². The molecule has 0 bridgehead atoms. The van der Waals surface area contributed by atoms with Gasteiger partial charge in [0.25, 0.3) is 5.91 Å². The molecule has 0 spiro atoms. The summed E-state index contributed by atoms with van der Waals surface area (Å²) in [5, 5.41) is 4.79. The lowest BCUT2D eigenvalue weighted by molar-refractivity contribution is 0.00907. The molecule has 0 radical (unpaired) electrons. The van der Waals surface area contributed by atoms with Crippen LogP contribution in [-0.4, -0.2) is 60.5 Å². The van der Waals surface area contributed by atoms with E-state index in [2.05, 4.69) is 22.0 Å². The number of likely N-dealkylation sites (N-methyl/N-ethyl adjacent to an activating group) is 1. The summed E-state index contributed by atoms with van der Waals surface area (Å²) in [7, 11) is 0. The van der Waals surface area contributed by atoms with Gasteiger partial charge >= 0.3 is 0 Å². The van der Waals surface area contributed by atoms with E-state index in [-0.39, 0.29) is 23.9 Å². The third-order valence-corrected chi connectivity index (χ3v) is 7.19. The van der Waals surface area contributed by atoms with Crippen molar-refractivity contribution in [1.29, 1.82) is 0 Å². The lowest BCUT2D eigenvalue weighted by Gasteiger charge is -2.50. The van der Waals surface area contributed by atoms with Gasteiger partial charge in [0.2, 0.25) is 0 Å². The van der Waals surface area contributed by atoms with Gasteiger partial charge in [-0.1, -0.05) is 37.8 Å². The molecule has 2 aromatic rings. The second-order valence-electron chi connectivity index (χ2n) is 8.59. The number of piperazine rings is 1. The Bertz CT molecular complexity index is 869. The molecule has 166 valence electrons. The number of halogens is 2. The van der Waals surface area contributed by atoms with Crippen molar-refractivity contribution >= 4 is 40.9 Å². The largest absolute Gasteiger partial charge is 0.451 e. The summed E-state index contributed by atoms with van der Waals surface area (Å²) in [6.07, 6.45) is 6.11. The van der Waals surface area contributed by atoms with E-state index in [0.29, 0.717) is 22.9 Å². The summed E-state index contributed by atoms with van der Waals surface area (Å²) in [6, 6.07) is 5.49. The van der Waals surface area contributed by atoms with Crippen molar-refractivity contribution in [2.45, 2.75) is 51.5 Å². The SMILES string of the molecule is CCN1CCN(C2(CNC(=O)c3oc4ccc(Cl)cc4c3C)CCCCC2)CC1.Cl. The molecule has 1 aromatic heterocycles. The van der Waals surface area contributed by atoms with Crippen molar-refractivity contribution < 1.29 is 9.21 Å². The van der Waals surface area contributed by atoms with Gasteiger partial charge < -0.3 is 14.6 Å². The average molecular weight is 454 g/mol. The molecule has 1 aromatic carbocycles. The number of rotatable bonds is 5. The second kappa shape index (κ2) is 9.90. The van der Waals surface area contributed by atoms with Crippen LogP contribution in [-0.2, 0) is 0 Å². The zero-order valence-electron chi connectivity index (χ0n) is 18.0. The van der Waals surface area contributed by atoms with Gasteiger partial charge in [0.1, 0.15) is 5.58 Å². The fraction of sp³-hybridized carbons (Fsp3) is 0.609. The Balaban J connectivity index is 0.00000256. The standard InChI is InChI=1S/C23H32ClN3O2.ClH/c1-3-26-11-13-27(14-12-26)23(9-5-4-6-10-23)16-25-22(28)21-17(2)19-15-18(24)7-8-20(19)29-21;/h7-8,15H,3-6,9-14,16H2,1-2H3,(H,25,28);1H. The predicted octanol–water partition coefficient (Wildman–Crippen LogP) is 4.89.